The van der Waals surface area contributed by atoms with Crippen molar-refractivity contribution in [2.24, 2.45) is 0 Å². The van der Waals surface area contributed by atoms with Crippen molar-refractivity contribution in [3.8, 4) is 0 Å². The Kier molecular flexibility index (Phi) is 5.69. The zero-order valence-corrected chi connectivity index (χ0v) is 13.9. The summed E-state index contributed by atoms with van der Waals surface area (Å²) < 4.78 is 0. The van der Waals surface area contributed by atoms with Crippen molar-refractivity contribution in [3.05, 3.63) is 69.7 Å². The van der Waals surface area contributed by atoms with E-state index >= 15 is 0 Å². The van der Waals surface area contributed by atoms with Gasteiger partial charge in [-0.3, -0.25) is 0 Å². The third-order valence-corrected chi connectivity index (χ3v) is 3.94. The monoisotopic (exact) mass is 336 g/mol. The van der Waals surface area contributed by atoms with Crippen molar-refractivity contribution in [3.63, 3.8) is 0 Å². The van der Waals surface area contributed by atoms with E-state index in [9.17, 15) is 4.79 Å². The fourth-order valence-corrected chi connectivity index (χ4v) is 2.36. The highest BCUT2D eigenvalue weighted by molar-refractivity contribution is 6.30. The summed E-state index contributed by atoms with van der Waals surface area (Å²) in [5.74, 6) is 0. The number of urea groups is 1. The maximum Gasteiger partial charge on any atom is 0.315 e. The van der Waals surface area contributed by atoms with Gasteiger partial charge < -0.3 is 10.6 Å². The number of benzene rings is 2. The number of rotatable bonds is 4. The molecule has 0 heterocycles. The van der Waals surface area contributed by atoms with Crippen LogP contribution in [-0.4, -0.2) is 6.03 Å². The molecule has 3 nitrogen and oxygen atoms in total. The van der Waals surface area contributed by atoms with Crippen molar-refractivity contribution in [2.75, 3.05) is 0 Å². The summed E-state index contributed by atoms with van der Waals surface area (Å²) in [6.07, 6.45) is 0. The molecule has 0 aliphatic heterocycles. The largest absolute Gasteiger partial charge is 0.332 e. The fraction of sp³-hybridized carbons (Fsp3) is 0.235. The molecule has 0 fully saturated rings. The Morgan fingerprint density at radius 3 is 1.41 bits per heavy atom. The second-order valence-electron chi connectivity index (χ2n) is 5.16. The predicted molar refractivity (Wildman–Crippen MR) is 91.4 cm³/mol. The van der Waals surface area contributed by atoms with Gasteiger partial charge in [-0.25, -0.2) is 4.79 Å². The number of hydrogen-bond donors (Lipinski definition) is 2. The van der Waals surface area contributed by atoms with E-state index in [1.54, 1.807) is 0 Å². The van der Waals surface area contributed by atoms with Crippen LogP contribution >= 0.6 is 23.2 Å². The first-order chi connectivity index (χ1) is 10.5. The van der Waals surface area contributed by atoms with E-state index < -0.39 is 0 Å². The first-order valence-electron chi connectivity index (χ1n) is 7.03. The van der Waals surface area contributed by atoms with E-state index in [4.69, 9.17) is 23.2 Å². The van der Waals surface area contributed by atoms with Gasteiger partial charge in [0.1, 0.15) is 0 Å². The normalized spacial score (nSPS) is 13.3. The van der Waals surface area contributed by atoms with Crippen molar-refractivity contribution < 1.29 is 4.79 Å². The smallest absolute Gasteiger partial charge is 0.315 e. The van der Waals surface area contributed by atoms with Crippen LogP contribution < -0.4 is 10.6 Å². The zero-order chi connectivity index (χ0) is 16.1. The van der Waals surface area contributed by atoms with Crippen LogP contribution in [0.3, 0.4) is 0 Å². The van der Waals surface area contributed by atoms with E-state index in [1.807, 2.05) is 62.4 Å². The lowest BCUT2D eigenvalue weighted by atomic mass is 10.1. The highest BCUT2D eigenvalue weighted by atomic mass is 35.5. The van der Waals surface area contributed by atoms with Crippen LogP contribution in [0.1, 0.15) is 37.1 Å². The summed E-state index contributed by atoms with van der Waals surface area (Å²) in [6, 6.07) is 14.4. The molecule has 2 rings (SSSR count). The Morgan fingerprint density at radius 2 is 1.09 bits per heavy atom. The molecule has 22 heavy (non-hydrogen) atoms. The van der Waals surface area contributed by atoms with Gasteiger partial charge in [-0.15, -0.1) is 0 Å². The first-order valence-corrected chi connectivity index (χ1v) is 7.79. The van der Waals surface area contributed by atoms with Crippen molar-refractivity contribution in [1.29, 1.82) is 0 Å². The number of hydrogen-bond acceptors (Lipinski definition) is 1. The maximum atomic E-state index is 12.1. The lowest BCUT2D eigenvalue weighted by molar-refractivity contribution is 0.235. The van der Waals surface area contributed by atoms with Gasteiger partial charge in [0.15, 0.2) is 0 Å². The van der Waals surface area contributed by atoms with Crippen LogP contribution in [0.4, 0.5) is 4.79 Å². The van der Waals surface area contributed by atoms with Crippen molar-refractivity contribution in [2.45, 2.75) is 25.9 Å². The molecule has 2 N–H and O–H groups in total. The van der Waals surface area contributed by atoms with Gasteiger partial charge in [0.05, 0.1) is 12.1 Å². The molecule has 0 saturated heterocycles. The van der Waals surface area contributed by atoms with Crippen LogP contribution in [0.2, 0.25) is 10.0 Å². The Bertz CT molecular complexity index is 571. The molecule has 0 radical (unpaired) electrons. The quantitative estimate of drug-likeness (QED) is 0.799. The Hall–Kier alpha value is -1.71. The molecule has 116 valence electrons. The lowest BCUT2D eigenvalue weighted by Gasteiger charge is -2.19. The summed E-state index contributed by atoms with van der Waals surface area (Å²) in [6.45, 7) is 3.85. The van der Waals surface area contributed by atoms with E-state index in [1.165, 1.54) is 0 Å². The minimum atomic E-state index is -0.218. The molecule has 2 aromatic rings. The third kappa shape index (κ3) is 4.65. The maximum absolute atomic E-state index is 12.1. The SMILES string of the molecule is CC(NC(=O)NC(C)c1ccc(Cl)cc1)c1ccc(Cl)cc1. The molecule has 2 amide bonds. The number of carbonyl (C=O) groups is 1. The van der Waals surface area contributed by atoms with Gasteiger partial charge in [0.2, 0.25) is 0 Å². The fourth-order valence-electron chi connectivity index (χ4n) is 2.10. The predicted octanol–water partition coefficient (Wildman–Crippen LogP) is 5.11. The van der Waals surface area contributed by atoms with E-state index in [-0.39, 0.29) is 18.1 Å². The van der Waals surface area contributed by atoms with Crippen LogP contribution in [0.5, 0.6) is 0 Å². The average Bonchev–Trinajstić information content (AvgIpc) is 2.48. The molecule has 5 heteroatoms. The number of carbonyl (C=O) groups excluding carboxylic acids is 1. The zero-order valence-electron chi connectivity index (χ0n) is 12.4. The van der Waals surface area contributed by atoms with Crippen LogP contribution in [0.25, 0.3) is 0 Å². The van der Waals surface area contributed by atoms with E-state index in [0.29, 0.717) is 10.0 Å². The number of amides is 2. The van der Waals surface area contributed by atoms with Gasteiger partial charge in [0.25, 0.3) is 0 Å². The molecule has 0 saturated carbocycles. The van der Waals surface area contributed by atoms with Crippen LogP contribution in [-0.2, 0) is 0 Å². The molecule has 0 bridgehead atoms. The number of halogens is 2. The summed E-state index contributed by atoms with van der Waals surface area (Å²) in [5, 5.41) is 7.17. The molecule has 0 aliphatic carbocycles. The molecule has 0 aromatic heterocycles. The number of nitrogens with one attached hydrogen (secondary N) is 2. The van der Waals surface area contributed by atoms with E-state index in [0.717, 1.165) is 11.1 Å². The Morgan fingerprint density at radius 1 is 0.773 bits per heavy atom. The summed E-state index contributed by atoms with van der Waals surface area (Å²) >= 11 is 11.7. The second-order valence-corrected chi connectivity index (χ2v) is 6.04. The minimum Gasteiger partial charge on any atom is -0.332 e. The van der Waals surface area contributed by atoms with Crippen molar-refractivity contribution >= 4 is 29.2 Å². The molecule has 0 spiro atoms. The van der Waals surface area contributed by atoms with Gasteiger partial charge >= 0.3 is 6.03 Å². The third-order valence-electron chi connectivity index (χ3n) is 3.44. The molecular formula is C17H18Cl2N2O. The molecule has 0 aliphatic rings. The standard InChI is InChI=1S/C17H18Cl2N2O/c1-11(13-3-7-15(18)8-4-13)20-17(22)21-12(2)14-5-9-16(19)10-6-14/h3-12H,1-2H3,(H2,20,21,22). The Balaban J connectivity index is 1.91. The summed E-state index contributed by atoms with van der Waals surface area (Å²) in [7, 11) is 0. The van der Waals surface area contributed by atoms with Gasteiger partial charge in [-0.2, -0.15) is 0 Å². The Labute approximate surface area is 140 Å². The molecular weight excluding hydrogens is 319 g/mol. The molecule has 2 aromatic carbocycles. The summed E-state index contributed by atoms with van der Waals surface area (Å²) in [4.78, 5) is 12.1. The van der Waals surface area contributed by atoms with Crippen molar-refractivity contribution in [1.82, 2.24) is 10.6 Å². The highest BCUT2D eigenvalue weighted by Crippen LogP contribution is 2.18. The van der Waals surface area contributed by atoms with Gasteiger partial charge in [-0.05, 0) is 49.2 Å². The topological polar surface area (TPSA) is 41.1 Å². The second kappa shape index (κ2) is 7.52. The molecule has 2 unspecified atom stereocenters. The molecule has 2 atom stereocenters. The summed E-state index contributed by atoms with van der Waals surface area (Å²) in [5.41, 5.74) is 2.00. The van der Waals surface area contributed by atoms with E-state index in [2.05, 4.69) is 10.6 Å². The van der Waals surface area contributed by atoms with Gasteiger partial charge in [0, 0.05) is 10.0 Å². The minimum absolute atomic E-state index is 0.102. The van der Waals surface area contributed by atoms with Gasteiger partial charge in [-0.1, -0.05) is 47.5 Å². The van der Waals surface area contributed by atoms with Crippen LogP contribution in [0, 0.1) is 0 Å². The van der Waals surface area contributed by atoms with Crippen LogP contribution in [0.15, 0.2) is 48.5 Å². The lowest BCUT2D eigenvalue weighted by Crippen LogP contribution is -2.38. The highest BCUT2D eigenvalue weighted by Gasteiger charge is 2.12. The first kappa shape index (κ1) is 16.7. The average molecular weight is 337 g/mol.